The zero-order valence-electron chi connectivity index (χ0n) is 14.5. The second-order valence-corrected chi connectivity index (χ2v) is 6.39. The topological polar surface area (TPSA) is 75.6 Å². The van der Waals surface area contributed by atoms with Gasteiger partial charge in [0.05, 0.1) is 11.6 Å². The molecule has 2 aromatic rings. The fraction of sp³-hybridized carbons (Fsp3) is 0.300. The average Bonchev–Trinajstić information content (AvgIpc) is 3.10. The van der Waals surface area contributed by atoms with Crippen molar-refractivity contribution in [2.75, 3.05) is 6.61 Å². The predicted molar refractivity (Wildman–Crippen MR) is 93.3 cm³/mol. The zero-order valence-corrected chi connectivity index (χ0v) is 14.5. The number of carboxylic acids is 1. The van der Waals surface area contributed by atoms with Crippen LogP contribution < -0.4 is 5.32 Å². The number of halogens is 2. The normalized spacial score (nSPS) is 19.0. The minimum absolute atomic E-state index is 0.116. The molecule has 27 heavy (non-hydrogen) atoms. The maximum absolute atomic E-state index is 13.5. The molecule has 1 amide bonds. The average molecular weight is 375 g/mol. The molecule has 142 valence electrons. The Balaban J connectivity index is 1.62. The van der Waals surface area contributed by atoms with Crippen LogP contribution in [0.1, 0.15) is 40.4 Å². The van der Waals surface area contributed by atoms with Gasteiger partial charge in [-0.15, -0.1) is 0 Å². The highest BCUT2D eigenvalue weighted by molar-refractivity contribution is 5.89. The number of ether oxygens (including phenoxy) is 1. The van der Waals surface area contributed by atoms with E-state index in [0.29, 0.717) is 24.2 Å². The molecule has 0 bridgehead atoms. The molecule has 3 rings (SSSR count). The summed E-state index contributed by atoms with van der Waals surface area (Å²) in [6.07, 6.45) is 0.416. The Bertz CT molecular complexity index is 856. The Morgan fingerprint density at radius 1 is 1.15 bits per heavy atom. The van der Waals surface area contributed by atoms with Crippen molar-refractivity contribution in [3.8, 4) is 0 Å². The third-order valence-corrected chi connectivity index (χ3v) is 4.58. The molecular formula is C20H19F2NO4. The van der Waals surface area contributed by atoms with Gasteiger partial charge in [0.25, 0.3) is 0 Å². The lowest BCUT2D eigenvalue weighted by Crippen LogP contribution is -2.37. The van der Waals surface area contributed by atoms with Gasteiger partial charge in [0, 0.05) is 13.0 Å². The van der Waals surface area contributed by atoms with E-state index in [-0.39, 0.29) is 30.4 Å². The maximum Gasteiger partial charge on any atom is 0.335 e. The van der Waals surface area contributed by atoms with Crippen LogP contribution in [0.25, 0.3) is 0 Å². The number of aromatic carboxylic acids is 1. The van der Waals surface area contributed by atoms with Gasteiger partial charge in [-0.3, -0.25) is 4.79 Å². The Morgan fingerprint density at radius 2 is 1.93 bits per heavy atom. The summed E-state index contributed by atoms with van der Waals surface area (Å²) in [6, 6.07) is 9.74. The summed E-state index contributed by atoms with van der Waals surface area (Å²) < 4.78 is 32.2. The van der Waals surface area contributed by atoms with Crippen LogP contribution in [0, 0.1) is 11.6 Å². The number of hydrogen-bond donors (Lipinski definition) is 2. The SMILES string of the molecule is O=C(CCc1ccccc1C(=O)O)NC1CCOC1c1ccc(F)c(F)c1. The van der Waals surface area contributed by atoms with E-state index in [4.69, 9.17) is 4.74 Å². The molecule has 0 aromatic heterocycles. The molecule has 2 aromatic carbocycles. The molecule has 7 heteroatoms. The summed E-state index contributed by atoms with van der Waals surface area (Å²) in [5, 5.41) is 12.0. The Morgan fingerprint density at radius 3 is 2.67 bits per heavy atom. The molecule has 0 aliphatic carbocycles. The molecule has 2 atom stereocenters. The smallest absolute Gasteiger partial charge is 0.335 e. The van der Waals surface area contributed by atoms with Gasteiger partial charge >= 0.3 is 5.97 Å². The number of hydrogen-bond acceptors (Lipinski definition) is 3. The molecule has 1 saturated heterocycles. The number of carboxylic acid groups (broad SMARTS) is 1. The Hall–Kier alpha value is -2.80. The maximum atomic E-state index is 13.5. The lowest BCUT2D eigenvalue weighted by molar-refractivity contribution is -0.122. The van der Waals surface area contributed by atoms with Gasteiger partial charge in [0.1, 0.15) is 6.10 Å². The number of rotatable bonds is 6. The van der Waals surface area contributed by atoms with E-state index in [1.54, 1.807) is 18.2 Å². The largest absolute Gasteiger partial charge is 0.478 e. The van der Waals surface area contributed by atoms with Gasteiger partial charge < -0.3 is 15.2 Å². The lowest BCUT2D eigenvalue weighted by Gasteiger charge is -2.20. The number of carbonyl (C=O) groups excluding carboxylic acids is 1. The van der Waals surface area contributed by atoms with Crippen molar-refractivity contribution in [2.24, 2.45) is 0 Å². The molecule has 5 nitrogen and oxygen atoms in total. The minimum Gasteiger partial charge on any atom is -0.478 e. The van der Waals surface area contributed by atoms with Gasteiger partial charge in [-0.2, -0.15) is 0 Å². The van der Waals surface area contributed by atoms with Gasteiger partial charge in [-0.1, -0.05) is 24.3 Å². The standard InChI is InChI=1S/C20H19F2NO4/c21-15-7-5-13(11-16(15)22)19-17(9-10-27-19)23-18(24)8-6-12-3-1-2-4-14(12)20(25)26/h1-5,7,11,17,19H,6,8-10H2,(H,23,24)(H,25,26). The van der Waals surface area contributed by atoms with E-state index in [1.165, 1.54) is 12.1 Å². The van der Waals surface area contributed by atoms with Crippen molar-refractivity contribution in [1.29, 1.82) is 0 Å². The molecule has 1 heterocycles. The summed E-state index contributed by atoms with van der Waals surface area (Å²) in [5.74, 6) is -3.18. The fourth-order valence-electron chi connectivity index (χ4n) is 3.23. The van der Waals surface area contributed by atoms with Crippen LogP contribution in [0.2, 0.25) is 0 Å². The minimum atomic E-state index is -1.03. The summed E-state index contributed by atoms with van der Waals surface area (Å²) in [7, 11) is 0. The molecule has 0 saturated carbocycles. The van der Waals surface area contributed by atoms with Crippen LogP contribution in [-0.4, -0.2) is 29.6 Å². The third-order valence-electron chi connectivity index (χ3n) is 4.58. The third kappa shape index (κ3) is 4.49. The van der Waals surface area contributed by atoms with Crippen molar-refractivity contribution in [2.45, 2.75) is 31.4 Å². The number of nitrogens with one attached hydrogen (secondary N) is 1. The van der Waals surface area contributed by atoms with E-state index in [0.717, 1.165) is 12.1 Å². The van der Waals surface area contributed by atoms with Crippen LogP contribution in [0.3, 0.4) is 0 Å². The van der Waals surface area contributed by atoms with E-state index >= 15 is 0 Å². The van der Waals surface area contributed by atoms with Crippen molar-refractivity contribution < 1.29 is 28.2 Å². The first kappa shape index (κ1) is 19.0. The second kappa shape index (κ2) is 8.26. The monoisotopic (exact) mass is 375 g/mol. The highest BCUT2D eigenvalue weighted by Crippen LogP contribution is 2.30. The Kier molecular flexibility index (Phi) is 5.81. The van der Waals surface area contributed by atoms with Gasteiger partial charge in [0.2, 0.25) is 5.91 Å². The molecule has 2 N–H and O–H groups in total. The van der Waals surface area contributed by atoms with Gasteiger partial charge in [-0.25, -0.2) is 13.6 Å². The highest BCUT2D eigenvalue weighted by atomic mass is 19.2. The van der Waals surface area contributed by atoms with Crippen LogP contribution >= 0.6 is 0 Å². The summed E-state index contributed by atoms with van der Waals surface area (Å²) >= 11 is 0. The van der Waals surface area contributed by atoms with Crippen molar-refractivity contribution in [3.05, 3.63) is 70.8 Å². The first-order valence-corrected chi connectivity index (χ1v) is 8.63. The predicted octanol–water partition coefficient (Wildman–Crippen LogP) is 3.24. The Labute approximate surface area is 155 Å². The number of amides is 1. The molecule has 0 radical (unpaired) electrons. The quantitative estimate of drug-likeness (QED) is 0.813. The molecule has 2 unspecified atom stereocenters. The summed E-state index contributed by atoms with van der Waals surface area (Å²) in [5.41, 5.74) is 1.22. The van der Waals surface area contributed by atoms with Crippen LogP contribution in [-0.2, 0) is 16.0 Å². The molecule has 1 aliphatic heterocycles. The first-order valence-electron chi connectivity index (χ1n) is 8.63. The van der Waals surface area contributed by atoms with Gasteiger partial charge in [0.15, 0.2) is 11.6 Å². The van der Waals surface area contributed by atoms with Gasteiger partial charge in [-0.05, 0) is 42.2 Å². The van der Waals surface area contributed by atoms with E-state index in [2.05, 4.69) is 5.32 Å². The number of carbonyl (C=O) groups is 2. The van der Waals surface area contributed by atoms with Crippen LogP contribution in [0.5, 0.6) is 0 Å². The van der Waals surface area contributed by atoms with E-state index < -0.39 is 23.7 Å². The number of aryl methyl sites for hydroxylation is 1. The molecule has 1 aliphatic rings. The second-order valence-electron chi connectivity index (χ2n) is 6.39. The van der Waals surface area contributed by atoms with Crippen molar-refractivity contribution >= 4 is 11.9 Å². The zero-order chi connectivity index (χ0) is 19.4. The van der Waals surface area contributed by atoms with Crippen LogP contribution in [0.4, 0.5) is 8.78 Å². The molecule has 1 fully saturated rings. The molecule has 0 spiro atoms. The van der Waals surface area contributed by atoms with E-state index in [9.17, 15) is 23.5 Å². The fourth-order valence-corrected chi connectivity index (χ4v) is 3.23. The first-order chi connectivity index (χ1) is 13.0. The van der Waals surface area contributed by atoms with E-state index in [1.807, 2.05) is 0 Å². The van der Waals surface area contributed by atoms with Crippen molar-refractivity contribution in [3.63, 3.8) is 0 Å². The summed E-state index contributed by atoms with van der Waals surface area (Å²) in [4.78, 5) is 23.5. The van der Waals surface area contributed by atoms with Crippen LogP contribution in [0.15, 0.2) is 42.5 Å². The van der Waals surface area contributed by atoms with Crippen molar-refractivity contribution in [1.82, 2.24) is 5.32 Å². The summed E-state index contributed by atoms with van der Waals surface area (Å²) in [6.45, 7) is 0.399. The highest BCUT2D eigenvalue weighted by Gasteiger charge is 2.31. The number of benzene rings is 2. The molecular weight excluding hydrogens is 356 g/mol. The lowest BCUT2D eigenvalue weighted by atomic mass is 10.0.